The van der Waals surface area contributed by atoms with Crippen molar-refractivity contribution >= 4 is 27.8 Å². The number of para-hydroxylation sites is 1. The summed E-state index contributed by atoms with van der Waals surface area (Å²) in [6.07, 6.45) is 0. The fraction of sp³-hybridized carbons (Fsp3) is 0.0667. The molecule has 0 aliphatic rings. The number of fused-ring (bicyclic) bond motifs is 2. The number of aromatic nitrogens is 1. The predicted molar refractivity (Wildman–Crippen MR) is 73.4 cm³/mol. The average molecular weight is 253 g/mol. The van der Waals surface area contributed by atoms with E-state index in [0.717, 1.165) is 5.52 Å². The van der Waals surface area contributed by atoms with E-state index in [1.807, 2.05) is 12.1 Å². The number of nitrogens with one attached hydrogen (secondary N) is 1. The van der Waals surface area contributed by atoms with Gasteiger partial charge in [0.15, 0.2) is 0 Å². The number of benzene rings is 2. The van der Waals surface area contributed by atoms with Gasteiger partial charge in [0.2, 0.25) is 5.43 Å². The Bertz CT molecular complexity index is 849. The number of carbonyl (C=O) groups is 1. The van der Waals surface area contributed by atoms with Gasteiger partial charge in [-0.15, -0.1) is 0 Å². The van der Waals surface area contributed by atoms with E-state index in [1.54, 1.807) is 30.3 Å². The summed E-state index contributed by atoms with van der Waals surface area (Å²) in [4.78, 5) is 26.7. The Hall–Kier alpha value is -2.62. The summed E-state index contributed by atoms with van der Waals surface area (Å²) in [7, 11) is 0. The summed E-state index contributed by atoms with van der Waals surface area (Å²) >= 11 is 0. The maximum Gasteiger partial charge on any atom is 0.308 e. The Labute approximate surface area is 108 Å². The molecule has 0 aliphatic carbocycles. The van der Waals surface area contributed by atoms with Gasteiger partial charge in [0.1, 0.15) is 5.75 Å². The second-order valence-electron chi connectivity index (χ2n) is 4.27. The molecule has 1 N–H and O–H groups in total. The molecule has 0 bridgehead atoms. The van der Waals surface area contributed by atoms with E-state index >= 15 is 0 Å². The zero-order valence-electron chi connectivity index (χ0n) is 10.3. The van der Waals surface area contributed by atoms with E-state index in [1.165, 1.54) is 6.92 Å². The van der Waals surface area contributed by atoms with Crippen LogP contribution in [-0.2, 0) is 4.79 Å². The first kappa shape index (κ1) is 11.5. The molecule has 0 unspecified atom stereocenters. The van der Waals surface area contributed by atoms with Crippen molar-refractivity contribution in [2.45, 2.75) is 6.92 Å². The largest absolute Gasteiger partial charge is 0.426 e. The second kappa shape index (κ2) is 4.24. The molecule has 0 fully saturated rings. The summed E-state index contributed by atoms with van der Waals surface area (Å²) in [6.45, 7) is 1.31. The van der Waals surface area contributed by atoms with Gasteiger partial charge >= 0.3 is 5.97 Å². The zero-order chi connectivity index (χ0) is 13.4. The highest BCUT2D eigenvalue weighted by Crippen LogP contribution is 2.23. The lowest BCUT2D eigenvalue weighted by molar-refractivity contribution is -0.131. The highest BCUT2D eigenvalue weighted by molar-refractivity contribution is 5.96. The minimum atomic E-state index is -0.444. The molecule has 1 heterocycles. The van der Waals surface area contributed by atoms with Crippen LogP contribution >= 0.6 is 0 Å². The van der Waals surface area contributed by atoms with Gasteiger partial charge in [-0.25, -0.2) is 0 Å². The molecular weight excluding hydrogens is 242 g/mol. The van der Waals surface area contributed by atoms with E-state index in [2.05, 4.69) is 4.98 Å². The number of H-pyrrole nitrogens is 1. The van der Waals surface area contributed by atoms with Crippen LogP contribution in [0.3, 0.4) is 0 Å². The number of rotatable bonds is 1. The molecule has 3 aromatic rings. The van der Waals surface area contributed by atoms with E-state index in [4.69, 9.17) is 4.74 Å². The summed E-state index contributed by atoms with van der Waals surface area (Å²) in [5, 5.41) is 0.978. The van der Waals surface area contributed by atoms with Crippen LogP contribution < -0.4 is 10.2 Å². The maximum absolute atomic E-state index is 12.5. The van der Waals surface area contributed by atoms with Gasteiger partial charge in [0.05, 0.1) is 10.9 Å². The molecule has 0 radical (unpaired) electrons. The number of pyridine rings is 1. The van der Waals surface area contributed by atoms with Crippen LogP contribution in [0.4, 0.5) is 0 Å². The first-order chi connectivity index (χ1) is 9.16. The molecule has 3 rings (SSSR count). The van der Waals surface area contributed by atoms with Gasteiger partial charge in [-0.05, 0) is 24.3 Å². The summed E-state index contributed by atoms with van der Waals surface area (Å²) in [5.41, 5.74) is 1.28. The SMILES string of the molecule is CC(=O)Oc1cccc2[nH]c3ccccc3c(=O)c12. The van der Waals surface area contributed by atoms with E-state index in [-0.39, 0.29) is 11.2 Å². The highest BCUT2D eigenvalue weighted by atomic mass is 16.5. The van der Waals surface area contributed by atoms with Crippen molar-refractivity contribution in [1.29, 1.82) is 0 Å². The van der Waals surface area contributed by atoms with Gasteiger partial charge in [-0.2, -0.15) is 0 Å². The molecule has 0 saturated heterocycles. The molecule has 0 amide bonds. The van der Waals surface area contributed by atoms with Gasteiger partial charge in [-0.3, -0.25) is 9.59 Å². The molecule has 0 aliphatic heterocycles. The van der Waals surface area contributed by atoms with Gasteiger partial charge in [0, 0.05) is 17.8 Å². The number of esters is 1. The summed E-state index contributed by atoms with van der Waals surface area (Å²) < 4.78 is 5.10. The predicted octanol–water partition coefficient (Wildman–Crippen LogP) is 2.61. The molecule has 0 spiro atoms. The van der Waals surface area contributed by atoms with Gasteiger partial charge in [0.25, 0.3) is 0 Å². The fourth-order valence-electron chi connectivity index (χ4n) is 2.18. The normalized spacial score (nSPS) is 10.8. The molecule has 4 heteroatoms. The monoisotopic (exact) mass is 253 g/mol. The van der Waals surface area contributed by atoms with Crippen LogP contribution in [0.25, 0.3) is 21.8 Å². The molecule has 19 heavy (non-hydrogen) atoms. The quantitative estimate of drug-likeness (QED) is 0.412. The molecule has 4 nitrogen and oxygen atoms in total. The topological polar surface area (TPSA) is 59.2 Å². The zero-order valence-corrected chi connectivity index (χ0v) is 10.3. The summed E-state index contributed by atoms with van der Waals surface area (Å²) in [6, 6.07) is 12.4. The Kier molecular flexibility index (Phi) is 2.56. The van der Waals surface area contributed by atoms with Crippen molar-refractivity contribution in [2.24, 2.45) is 0 Å². The van der Waals surface area contributed by atoms with Crippen LogP contribution in [0, 0.1) is 0 Å². The lowest BCUT2D eigenvalue weighted by atomic mass is 10.1. The Morgan fingerprint density at radius 1 is 1.05 bits per heavy atom. The number of hydrogen-bond donors (Lipinski definition) is 1. The molecular formula is C15H11NO3. The van der Waals surface area contributed by atoms with Crippen LogP contribution in [0.15, 0.2) is 47.3 Å². The number of aromatic amines is 1. The second-order valence-corrected chi connectivity index (χ2v) is 4.27. The van der Waals surface area contributed by atoms with E-state index < -0.39 is 5.97 Å². The van der Waals surface area contributed by atoms with Crippen LogP contribution in [-0.4, -0.2) is 11.0 Å². The molecule has 0 saturated carbocycles. The van der Waals surface area contributed by atoms with E-state index in [9.17, 15) is 9.59 Å². The number of carbonyl (C=O) groups excluding carboxylic acids is 1. The standard InChI is InChI=1S/C15H11NO3/c1-9(17)19-13-8-4-7-12-14(13)15(18)10-5-2-3-6-11(10)16-12/h2-8H,1H3,(H,16,18). The molecule has 94 valence electrons. The Morgan fingerprint density at radius 2 is 1.79 bits per heavy atom. The number of ether oxygens (including phenoxy) is 1. The average Bonchev–Trinajstić information content (AvgIpc) is 2.38. The fourth-order valence-corrected chi connectivity index (χ4v) is 2.18. The minimum Gasteiger partial charge on any atom is -0.426 e. The first-order valence-electron chi connectivity index (χ1n) is 5.89. The first-order valence-corrected chi connectivity index (χ1v) is 5.89. The lowest BCUT2D eigenvalue weighted by Crippen LogP contribution is -2.09. The van der Waals surface area contributed by atoms with E-state index in [0.29, 0.717) is 16.3 Å². The molecule has 2 aromatic carbocycles. The van der Waals surface area contributed by atoms with Crippen molar-refractivity contribution in [2.75, 3.05) is 0 Å². The highest BCUT2D eigenvalue weighted by Gasteiger charge is 2.11. The van der Waals surface area contributed by atoms with Crippen LogP contribution in [0.1, 0.15) is 6.92 Å². The third kappa shape index (κ3) is 1.87. The Balaban J connectivity index is 2.45. The summed E-state index contributed by atoms with van der Waals surface area (Å²) in [5.74, 6) is -0.155. The lowest BCUT2D eigenvalue weighted by Gasteiger charge is -2.07. The third-order valence-corrected chi connectivity index (χ3v) is 2.95. The molecule has 0 atom stereocenters. The van der Waals surface area contributed by atoms with Crippen molar-refractivity contribution in [3.05, 3.63) is 52.7 Å². The van der Waals surface area contributed by atoms with Gasteiger partial charge < -0.3 is 9.72 Å². The maximum atomic E-state index is 12.5. The van der Waals surface area contributed by atoms with Crippen LogP contribution in [0.5, 0.6) is 5.75 Å². The van der Waals surface area contributed by atoms with Crippen molar-refractivity contribution in [3.8, 4) is 5.75 Å². The van der Waals surface area contributed by atoms with Crippen molar-refractivity contribution in [1.82, 2.24) is 4.98 Å². The number of hydrogen-bond acceptors (Lipinski definition) is 3. The van der Waals surface area contributed by atoms with Gasteiger partial charge in [-0.1, -0.05) is 18.2 Å². The van der Waals surface area contributed by atoms with Crippen molar-refractivity contribution < 1.29 is 9.53 Å². The molecule has 1 aromatic heterocycles. The third-order valence-electron chi connectivity index (χ3n) is 2.95. The Morgan fingerprint density at radius 3 is 2.58 bits per heavy atom. The smallest absolute Gasteiger partial charge is 0.308 e. The minimum absolute atomic E-state index is 0.138. The van der Waals surface area contributed by atoms with Crippen molar-refractivity contribution in [3.63, 3.8) is 0 Å². The van der Waals surface area contributed by atoms with Crippen LogP contribution in [0.2, 0.25) is 0 Å².